The Morgan fingerprint density at radius 1 is 1.67 bits per heavy atom. The van der Waals surface area contributed by atoms with Crippen molar-refractivity contribution in [2.24, 2.45) is 0 Å². The molecule has 0 saturated heterocycles. The molecule has 0 atom stereocenters. The van der Waals surface area contributed by atoms with Crippen molar-refractivity contribution < 1.29 is 0 Å². The third kappa shape index (κ3) is 4.44. The molecule has 0 radical (unpaired) electrons. The third-order valence-electron chi connectivity index (χ3n) is 0.485. The van der Waals surface area contributed by atoms with Crippen molar-refractivity contribution in [2.75, 3.05) is 0 Å². The van der Waals surface area contributed by atoms with Gasteiger partial charge >= 0.3 is 0 Å². The summed E-state index contributed by atoms with van der Waals surface area (Å²) in [6.45, 7) is 6.95. The van der Waals surface area contributed by atoms with E-state index in [1.165, 1.54) is 0 Å². The van der Waals surface area contributed by atoms with Crippen LogP contribution in [0.2, 0.25) is 13.1 Å². The molecule has 0 aliphatic rings. The van der Waals surface area contributed by atoms with E-state index in [1.807, 2.05) is 5.70 Å². The van der Waals surface area contributed by atoms with E-state index in [2.05, 4.69) is 35.0 Å². The summed E-state index contributed by atoms with van der Waals surface area (Å²) < 4.78 is 0. The standard InChI is InChI=1S/C4H9BrSi/c1-4-6(2,3)5/h4H,1H2,2-3H3. The van der Waals surface area contributed by atoms with Crippen LogP contribution in [0, 0.1) is 0 Å². The molecule has 0 amide bonds. The van der Waals surface area contributed by atoms with E-state index in [4.69, 9.17) is 0 Å². The van der Waals surface area contributed by atoms with Crippen LogP contribution in [0.15, 0.2) is 12.3 Å². The number of halogens is 1. The van der Waals surface area contributed by atoms with Crippen LogP contribution in [-0.4, -0.2) is 6.69 Å². The van der Waals surface area contributed by atoms with E-state index in [1.54, 1.807) is 0 Å². The Kier molecular flexibility index (Phi) is 2.08. The first-order valence-corrected chi connectivity index (χ1v) is 7.22. The fourth-order valence-corrected chi connectivity index (χ4v) is 0. The van der Waals surface area contributed by atoms with Gasteiger partial charge < -0.3 is 0 Å². The zero-order valence-electron chi connectivity index (χ0n) is 4.16. The highest BCUT2D eigenvalue weighted by molar-refractivity contribution is 9.26. The van der Waals surface area contributed by atoms with Gasteiger partial charge in [-0.15, -0.1) is 21.9 Å². The molecule has 36 valence electrons. The van der Waals surface area contributed by atoms with Gasteiger partial charge in [0.25, 0.3) is 0 Å². The van der Waals surface area contributed by atoms with Crippen LogP contribution in [0.5, 0.6) is 0 Å². The second-order valence-corrected chi connectivity index (χ2v) is 11.4. The summed E-state index contributed by atoms with van der Waals surface area (Å²) in [5.41, 5.74) is 1.99. The molecule has 0 spiro atoms. The van der Waals surface area contributed by atoms with Gasteiger partial charge in [-0.2, -0.15) is 0 Å². The van der Waals surface area contributed by atoms with Crippen LogP contribution >= 0.6 is 15.3 Å². The first-order valence-electron chi connectivity index (χ1n) is 1.89. The van der Waals surface area contributed by atoms with Gasteiger partial charge in [0, 0.05) is 0 Å². The molecule has 0 N–H and O–H groups in total. The van der Waals surface area contributed by atoms with Crippen LogP contribution in [-0.2, 0) is 0 Å². The Morgan fingerprint density at radius 2 is 1.83 bits per heavy atom. The van der Waals surface area contributed by atoms with Crippen LogP contribution < -0.4 is 0 Å². The highest BCUT2D eigenvalue weighted by atomic mass is 79.9. The van der Waals surface area contributed by atoms with Gasteiger partial charge in [-0.1, -0.05) is 18.8 Å². The van der Waals surface area contributed by atoms with Crippen molar-refractivity contribution in [1.29, 1.82) is 0 Å². The molecule has 0 unspecified atom stereocenters. The molecule has 6 heavy (non-hydrogen) atoms. The second kappa shape index (κ2) is 1.94. The van der Waals surface area contributed by atoms with Crippen LogP contribution in [0.3, 0.4) is 0 Å². The van der Waals surface area contributed by atoms with E-state index < -0.39 is 6.69 Å². The molecular formula is C4H9BrSi. The molecule has 0 rings (SSSR count). The summed E-state index contributed by atoms with van der Waals surface area (Å²) in [6, 6.07) is 0. The lowest BCUT2D eigenvalue weighted by molar-refractivity contribution is 1.98. The van der Waals surface area contributed by atoms with Crippen molar-refractivity contribution in [2.45, 2.75) is 13.1 Å². The molecule has 0 aromatic rings. The van der Waals surface area contributed by atoms with Crippen molar-refractivity contribution in [1.82, 2.24) is 0 Å². The minimum absolute atomic E-state index is 1.05. The molecule has 0 aliphatic heterocycles. The molecule has 0 aliphatic carbocycles. The average molecular weight is 165 g/mol. The SMILES string of the molecule is C=C[Si](C)(C)Br. The van der Waals surface area contributed by atoms with Crippen LogP contribution in [0.1, 0.15) is 0 Å². The van der Waals surface area contributed by atoms with Crippen molar-refractivity contribution in [3.8, 4) is 0 Å². The van der Waals surface area contributed by atoms with E-state index in [0.717, 1.165) is 0 Å². The number of hydrogen-bond acceptors (Lipinski definition) is 0. The highest BCUT2D eigenvalue weighted by Crippen LogP contribution is 2.09. The van der Waals surface area contributed by atoms with Gasteiger partial charge in [0.15, 0.2) is 0 Å². The summed E-state index contributed by atoms with van der Waals surface area (Å²) in [5.74, 6) is 0. The van der Waals surface area contributed by atoms with Gasteiger partial charge in [-0.3, -0.25) is 0 Å². The Labute approximate surface area is 47.8 Å². The van der Waals surface area contributed by atoms with E-state index in [0.29, 0.717) is 0 Å². The Bertz CT molecular complexity index is 53.1. The lowest BCUT2D eigenvalue weighted by Crippen LogP contribution is -2.09. The number of hydrogen-bond donors (Lipinski definition) is 0. The first-order chi connectivity index (χ1) is 2.56. The zero-order valence-corrected chi connectivity index (χ0v) is 6.75. The van der Waals surface area contributed by atoms with Gasteiger partial charge in [-0.05, 0) is 0 Å². The summed E-state index contributed by atoms with van der Waals surface area (Å²) in [6.07, 6.45) is 0. The molecule has 0 saturated carbocycles. The zero-order chi connectivity index (χ0) is 5.21. The Balaban J connectivity index is 3.45. The third-order valence-corrected chi connectivity index (χ3v) is 2.43. The summed E-state index contributed by atoms with van der Waals surface area (Å²) >= 11 is 3.50. The predicted octanol–water partition coefficient (Wildman–Crippen LogP) is 2.31. The maximum absolute atomic E-state index is 3.65. The monoisotopic (exact) mass is 164 g/mol. The lowest BCUT2D eigenvalue weighted by Gasteiger charge is -2.01. The van der Waals surface area contributed by atoms with Gasteiger partial charge in [0.1, 0.15) is 6.69 Å². The summed E-state index contributed by atoms with van der Waals surface area (Å²) in [7, 11) is 0. The maximum Gasteiger partial charge on any atom is 0.146 e. The fourth-order valence-electron chi connectivity index (χ4n) is 0. The van der Waals surface area contributed by atoms with Crippen molar-refractivity contribution in [3.63, 3.8) is 0 Å². The molecule has 0 aromatic carbocycles. The van der Waals surface area contributed by atoms with Gasteiger partial charge in [-0.25, -0.2) is 0 Å². The first kappa shape index (κ1) is 6.44. The Hall–Kier alpha value is 0.437. The topological polar surface area (TPSA) is 0 Å². The van der Waals surface area contributed by atoms with E-state index in [9.17, 15) is 0 Å². The average Bonchev–Trinajstić information content (AvgIpc) is 1.35. The molecule has 0 bridgehead atoms. The summed E-state index contributed by atoms with van der Waals surface area (Å²) in [5, 5.41) is 0. The smallest absolute Gasteiger partial charge is 0.121 e. The van der Waals surface area contributed by atoms with Gasteiger partial charge in [0.05, 0.1) is 0 Å². The minimum atomic E-state index is -1.05. The van der Waals surface area contributed by atoms with Crippen molar-refractivity contribution in [3.05, 3.63) is 12.3 Å². The predicted molar refractivity (Wildman–Crippen MR) is 36.6 cm³/mol. The summed E-state index contributed by atoms with van der Waals surface area (Å²) in [4.78, 5) is 0. The normalized spacial score (nSPS) is 11.2. The molecular weight excluding hydrogens is 156 g/mol. The molecule has 0 fully saturated rings. The van der Waals surface area contributed by atoms with E-state index >= 15 is 0 Å². The second-order valence-electron chi connectivity index (χ2n) is 1.77. The van der Waals surface area contributed by atoms with Crippen LogP contribution in [0.4, 0.5) is 0 Å². The molecule has 0 nitrogen and oxygen atoms in total. The minimum Gasteiger partial charge on any atom is -0.121 e. The Morgan fingerprint density at radius 3 is 1.83 bits per heavy atom. The largest absolute Gasteiger partial charge is 0.146 e. The number of rotatable bonds is 1. The van der Waals surface area contributed by atoms with Crippen LogP contribution in [0.25, 0.3) is 0 Å². The van der Waals surface area contributed by atoms with Gasteiger partial charge in [0.2, 0.25) is 0 Å². The lowest BCUT2D eigenvalue weighted by atomic mass is 11.3. The molecule has 0 heterocycles. The fraction of sp³-hybridized carbons (Fsp3) is 0.500. The van der Waals surface area contributed by atoms with E-state index in [-0.39, 0.29) is 0 Å². The maximum atomic E-state index is 3.65. The van der Waals surface area contributed by atoms with Crippen molar-refractivity contribution >= 4 is 22.0 Å². The highest BCUT2D eigenvalue weighted by Gasteiger charge is 2.07. The molecule has 0 aromatic heterocycles. The molecule has 2 heteroatoms. The quantitative estimate of drug-likeness (QED) is 0.413.